The summed E-state index contributed by atoms with van der Waals surface area (Å²) in [5, 5.41) is 0.0940. The Hall–Kier alpha value is -3.40. The Kier molecular flexibility index (Phi) is 6.36. The maximum absolute atomic E-state index is 12.9. The monoisotopic (exact) mass is 436 g/mol. The topological polar surface area (TPSA) is 70.5 Å². The fraction of sp³-hybridized carbons (Fsp3) is 0.150. The number of esters is 1. The highest BCUT2D eigenvalue weighted by Gasteiger charge is 2.30. The van der Waals surface area contributed by atoms with Crippen molar-refractivity contribution in [1.82, 2.24) is 9.36 Å². The van der Waals surface area contributed by atoms with Crippen molar-refractivity contribution in [1.29, 1.82) is 0 Å². The van der Waals surface area contributed by atoms with Crippen LogP contribution >= 0.6 is 11.5 Å². The predicted octanol–water partition coefficient (Wildman–Crippen LogP) is 5.18. The van der Waals surface area contributed by atoms with Gasteiger partial charge in [-0.25, -0.2) is 4.79 Å². The molecule has 156 valence electrons. The van der Waals surface area contributed by atoms with E-state index in [1.54, 1.807) is 24.3 Å². The number of methoxy groups -OCH3 is 2. The molecule has 3 aromatic rings. The molecule has 10 heteroatoms. The number of rotatable bonds is 6. The normalized spacial score (nSPS) is 11.8. The zero-order valence-electron chi connectivity index (χ0n) is 15.8. The van der Waals surface area contributed by atoms with Gasteiger partial charge in [0.25, 0.3) is 5.19 Å². The summed E-state index contributed by atoms with van der Waals surface area (Å²) >= 11 is 0.869. The average Bonchev–Trinajstić information content (AvgIpc) is 3.20. The first-order valence-electron chi connectivity index (χ1n) is 8.43. The minimum atomic E-state index is -4.47. The number of ether oxygens (including phenoxy) is 3. The largest absolute Gasteiger partial charge is 0.503 e. The van der Waals surface area contributed by atoms with E-state index < -0.39 is 17.7 Å². The van der Waals surface area contributed by atoms with E-state index in [9.17, 15) is 18.0 Å². The summed E-state index contributed by atoms with van der Waals surface area (Å²) in [6.45, 7) is 0. The Morgan fingerprint density at radius 1 is 1.10 bits per heavy atom. The highest BCUT2D eigenvalue weighted by Crippen LogP contribution is 2.35. The van der Waals surface area contributed by atoms with Crippen molar-refractivity contribution in [3.63, 3.8) is 0 Å². The number of carbonyl (C=O) groups excluding carboxylic acids is 1. The van der Waals surface area contributed by atoms with Crippen LogP contribution in [0.3, 0.4) is 0 Å². The van der Waals surface area contributed by atoms with Gasteiger partial charge in [-0.2, -0.15) is 22.5 Å². The van der Waals surface area contributed by atoms with Crippen LogP contribution in [-0.2, 0) is 20.4 Å². The molecular formula is C20H15F3N2O4S. The maximum Gasteiger partial charge on any atom is 0.416 e. The summed E-state index contributed by atoms with van der Waals surface area (Å²) < 4.78 is 58.4. The molecule has 0 amide bonds. The number of para-hydroxylation sites is 1. The highest BCUT2D eigenvalue weighted by atomic mass is 32.1. The standard InChI is InChI=1S/C20H15F3N2O4S/c1-27-11-15(18(26)28-2)14-8-3-4-9-16(14)29-19-24-17(25-30-19)12-6-5-7-13(10-12)20(21,22)23/h3-11H,1-2H3/b15-11+. The second-order valence-electron chi connectivity index (χ2n) is 5.82. The van der Waals surface area contributed by atoms with Crippen LogP contribution in [0.5, 0.6) is 10.9 Å². The van der Waals surface area contributed by atoms with Gasteiger partial charge in [-0.3, -0.25) is 0 Å². The molecule has 0 bridgehead atoms. The molecular weight excluding hydrogens is 421 g/mol. The molecule has 3 rings (SSSR count). The number of alkyl halides is 3. The summed E-state index contributed by atoms with van der Waals surface area (Å²) in [6, 6.07) is 11.3. The van der Waals surface area contributed by atoms with Gasteiger partial charge in [0.05, 0.1) is 26.0 Å². The van der Waals surface area contributed by atoms with E-state index in [1.165, 1.54) is 32.6 Å². The zero-order chi connectivity index (χ0) is 21.7. The Morgan fingerprint density at radius 2 is 1.87 bits per heavy atom. The maximum atomic E-state index is 12.9. The summed E-state index contributed by atoms with van der Waals surface area (Å²) in [5.41, 5.74) is -0.0750. The van der Waals surface area contributed by atoms with Gasteiger partial charge in [-0.15, -0.1) is 0 Å². The van der Waals surface area contributed by atoms with E-state index in [1.807, 2.05) is 0 Å². The van der Waals surface area contributed by atoms with Crippen molar-refractivity contribution >= 4 is 23.1 Å². The fourth-order valence-corrected chi connectivity index (χ4v) is 3.09. The van der Waals surface area contributed by atoms with Crippen LogP contribution in [-0.4, -0.2) is 29.5 Å². The van der Waals surface area contributed by atoms with Crippen LogP contribution in [0.1, 0.15) is 11.1 Å². The van der Waals surface area contributed by atoms with E-state index in [2.05, 4.69) is 9.36 Å². The molecule has 1 aromatic heterocycles. The Labute approximate surface area is 173 Å². The number of nitrogens with zero attached hydrogens (tertiary/aromatic N) is 2. The Bertz CT molecular complexity index is 1080. The van der Waals surface area contributed by atoms with Gasteiger partial charge >= 0.3 is 12.1 Å². The summed E-state index contributed by atoms with van der Waals surface area (Å²) in [7, 11) is 2.62. The number of hydrogen-bond donors (Lipinski definition) is 0. The van der Waals surface area contributed by atoms with Crippen LogP contribution in [0.4, 0.5) is 13.2 Å². The SMILES string of the molecule is CO/C=C(/C(=O)OC)c1ccccc1Oc1nc(-c2cccc(C(F)(F)F)c2)ns1. The van der Waals surface area contributed by atoms with Gasteiger partial charge < -0.3 is 14.2 Å². The van der Waals surface area contributed by atoms with Crippen molar-refractivity contribution in [3.05, 3.63) is 65.9 Å². The van der Waals surface area contributed by atoms with E-state index in [-0.39, 0.29) is 27.9 Å². The first-order valence-corrected chi connectivity index (χ1v) is 9.20. The Balaban J connectivity index is 1.91. The van der Waals surface area contributed by atoms with E-state index in [0.29, 0.717) is 5.56 Å². The molecule has 30 heavy (non-hydrogen) atoms. The molecule has 0 fully saturated rings. The van der Waals surface area contributed by atoms with Gasteiger partial charge in [-0.05, 0) is 18.2 Å². The minimum absolute atomic E-state index is 0.0940. The lowest BCUT2D eigenvalue weighted by molar-refractivity contribution is -0.137. The molecule has 0 spiro atoms. The first-order chi connectivity index (χ1) is 14.3. The van der Waals surface area contributed by atoms with Gasteiger partial charge in [0.1, 0.15) is 11.3 Å². The molecule has 0 atom stereocenters. The lowest BCUT2D eigenvalue weighted by Crippen LogP contribution is -2.05. The quantitative estimate of drug-likeness (QED) is 0.301. The zero-order valence-corrected chi connectivity index (χ0v) is 16.6. The van der Waals surface area contributed by atoms with E-state index in [4.69, 9.17) is 14.2 Å². The molecule has 0 radical (unpaired) electrons. The second-order valence-corrected chi connectivity index (χ2v) is 6.53. The Morgan fingerprint density at radius 3 is 2.57 bits per heavy atom. The van der Waals surface area contributed by atoms with Crippen molar-refractivity contribution in [2.45, 2.75) is 6.18 Å². The first kappa shape index (κ1) is 21.3. The fourth-order valence-electron chi connectivity index (χ4n) is 2.52. The summed E-state index contributed by atoms with van der Waals surface area (Å²) in [4.78, 5) is 16.2. The van der Waals surface area contributed by atoms with Gasteiger partial charge in [0.2, 0.25) is 0 Å². The number of carbonyl (C=O) groups is 1. The number of halogens is 3. The number of hydrogen-bond acceptors (Lipinski definition) is 7. The molecule has 1 heterocycles. The third-order valence-corrected chi connectivity index (χ3v) is 4.47. The van der Waals surface area contributed by atoms with Crippen LogP contribution in [0.2, 0.25) is 0 Å². The molecule has 0 saturated heterocycles. The lowest BCUT2D eigenvalue weighted by atomic mass is 10.1. The van der Waals surface area contributed by atoms with Crippen LogP contribution in [0.15, 0.2) is 54.8 Å². The van der Waals surface area contributed by atoms with Crippen LogP contribution in [0.25, 0.3) is 17.0 Å². The van der Waals surface area contributed by atoms with Crippen molar-refractivity contribution in [3.8, 4) is 22.3 Å². The summed E-state index contributed by atoms with van der Waals surface area (Å²) in [6.07, 6.45) is -3.25. The van der Waals surface area contributed by atoms with Crippen molar-refractivity contribution in [2.24, 2.45) is 0 Å². The van der Waals surface area contributed by atoms with Gasteiger partial charge in [0.15, 0.2) is 5.82 Å². The summed E-state index contributed by atoms with van der Waals surface area (Å²) in [5.74, 6) is -0.257. The number of aromatic nitrogens is 2. The smallest absolute Gasteiger partial charge is 0.416 e. The lowest BCUT2D eigenvalue weighted by Gasteiger charge is -2.10. The van der Waals surface area contributed by atoms with Gasteiger partial charge in [0, 0.05) is 22.7 Å². The van der Waals surface area contributed by atoms with Gasteiger partial charge in [-0.1, -0.05) is 30.3 Å². The van der Waals surface area contributed by atoms with Crippen molar-refractivity contribution in [2.75, 3.05) is 14.2 Å². The molecule has 0 aliphatic rings. The molecule has 0 unspecified atom stereocenters. The third-order valence-electron chi connectivity index (χ3n) is 3.87. The number of benzene rings is 2. The highest BCUT2D eigenvalue weighted by molar-refractivity contribution is 7.07. The molecule has 0 N–H and O–H groups in total. The second kappa shape index (κ2) is 8.95. The minimum Gasteiger partial charge on any atom is -0.503 e. The molecule has 0 aliphatic carbocycles. The van der Waals surface area contributed by atoms with Crippen molar-refractivity contribution < 1.29 is 32.2 Å². The molecule has 2 aromatic carbocycles. The average molecular weight is 436 g/mol. The van der Waals surface area contributed by atoms with Crippen LogP contribution < -0.4 is 4.74 Å². The van der Waals surface area contributed by atoms with E-state index in [0.717, 1.165) is 23.7 Å². The molecule has 0 saturated carbocycles. The molecule has 0 aliphatic heterocycles. The van der Waals surface area contributed by atoms with Crippen LogP contribution in [0, 0.1) is 0 Å². The van der Waals surface area contributed by atoms with E-state index >= 15 is 0 Å². The third kappa shape index (κ3) is 4.77. The predicted molar refractivity (Wildman–Crippen MR) is 104 cm³/mol. The molecule has 6 nitrogen and oxygen atoms in total.